The van der Waals surface area contributed by atoms with Crippen molar-refractivity contribution < 1.29 is 18.4 Å². The SMILES string of the molecule is O=C1NC2(CCCN(Cc3ccccc3)C2)C(=O)N1Cc1coc(-c2ccc(F)cc2)n1. The molecule has 1 atom stereocenters. The lowest BCUT2D eigenvalue weighted by atomic mass is 9.88. The van der Waals surface area contributed by atoms with Gasteiger partial charge in [0.2, 0.25) is 5.89 Å². The second-order valence-electron chi connectivity index (χ2n) is 8.35. The number of imide groups is 1. The van der Waals surface area contributed by atoms with Crippen LogP contribution in [0, 0.1) is 5.82 Å². The maximum absolute atomic E-state index is 13.3. The van der Waals surface area contributed by atoms with Crippen LogP contribution in [0.1, 0.15) is 24.1 Å². The van der Waals surface area contributed by atoms with E-state index in [1.165, 1.54) is 28.9 Å². The molecule has 5 rings (SSSR count). The number of likely N-dealkylation sites (tertiary alicyclic amines) is 1. The first-order valence-electron chi connectivity index (χ1n) is 10.6. The van der Waals surface area contributed by atoms with Crippen molar-refractivity contribution in [2.24, 2.45) is 0 Å². The Morgan fingerprint density at radius 2 is 1.84 bits per heavy atom. The summed E-state index contributed by atoms with van der Waals surface area (Å²) in [4.78, 5) is 33.8. The van der Waals surface area contributed by atoms with Crippen LogP contribution in [0.15, 0.2) is 65.3 Å². The smallest absolute Gasteiger partial charge is 0.325 e. The highest BCUT2D eigenvalue weighted by atomic mass is 19.1. The number of halogens is 1. The molecule has 2 saturated heterocycles. The van der Waals surface area contributed by atoms with Crippen LogP contribution in [-0.2, 0) is 17.9 Å². The Kier molecular flexibility index (Phi) is 5.22. The van der Waals surface area contributed by atoms with E-state index in [9.17, 15) is 14.0 Å². The predicted octanol–water partition coefficient (Wildman–Crippen LogP) is 3.57. The van der Waals surface area contributed by atoms with Crippen LogP contribution in [0.25, 0.3) is 11.5 Å². The molecule has 1 spiro atoms. The highest BCUT2D eigenvalue weighted by Gasteiger charge is 2.53. The molecule has 2 fully saturated rings. The van der Waals surface area contributed by atoms with Gasteiger partial charge >= 0.3 is 6.03 Å². The van der Waals surface area contributed by atoms with Crippen LogP contribution >= 0.6 is 0 Å². The lowest BCUT2D eigenvalue weighted by molar-refractivity contribution is -0.133. The summed E-state index contributed by atoms with van der Waals surface area (Å²) in [7, 11) is 0. The Morgan fingerprint density at radius 3 is 2.62 bits per heavy atom. The first-order valence-corrected chi connectivity index (χ1v) is 10.6. The molecule has 3 aromatic rings. The molecule has 0 aliphatic carbocycles. The van der Waals surface area contributed by atoms with Crippen molar-refractivity contribution in [2.45, 2.75) is 31.5 Å². The number of nitrogens with one attached hydrogen (secondary N) is 1. The molecule has 164 valence electrons. The molecular weight excluding hydrogens is 411 g/mol. The zero-order valence-electron chi connectivity index (χ0n) is 17.5. The number of piperidine rings is 1. The van der Waals surface area contributed by atoms with Gasteiger partial charge in [-0.2, -0.15) is 0 Å². The Bertz CT molecular complexity index is 1130. The molecule has 8 heteroatoms. The maximum atomic E-state index is 13.3. The largest absolute Gasteiger partial charge is 0.444 e. The molecule has 1 unspecified atom stereocenters. The van der Waals surface area contributed by atoms with Crippen molar-refractivity contribution in [2.75, 3.05) is 13.1 Å². The van der Waals surface area contributed by atoms with Crippen LogP contribution < -0.4 is 5.32 Å². The molecule has 3 heterocycles. The summed E-state index contributed by atoms with van der Waals surface area (Å²) in [6.45, 7) is 2.11. The average molecular weight is 434 g/mol. The third-order valence-electron chi connectivity index (χ3n) is 6.03. The minimum atomic E-state index is -0.909. The van der Waals surface area contributed by atoms with Crippen LogP contribution in [0.5, 0.6) is 0 Å². The number of oxazole rings is 1. The number of benzene rings is 2. The molecule has 2 aromatic carbocycles. The monoisotopic (exact) mass is 434 g/mol. The van der Waals surface area contributed by atoms with Crippen LogP contribution in [-0.4, -0.2) is 45.4 Å². The number of carbonyl (C=O) groups excluding carboxylic acids is 2. The molecule has 2 aliphatic rings. The van der Waals surface area contributed by atoms with Crippen molar-refractivity contribution in [3.63, 3.8) is 0 Å². The van der Waals surface area contributed by atoms with Gasteiger partial charge in [-0.05, 0) is 49.2 Å². The lowest BCUT2D eigenvalue weighted by Crippen LogP contribution is -2.58. The second kappa shape index (κ2) is 8.20. The number of amides is 3. The third-order valence-corrected chi connectivity index (χ3v) is 6.03. The van der Waals surface area contributed by atoms with Crippen molar-refractivity contribution in [3.8, 4) is 11.5 Å². The maximum Gasteiger partial charge on any atom is 0.325 e. The molecule has 0 bridgehead atoms. The van der Waals surface area contributed by atoms with E-state index in [0.717, 1.165) is 19.5 Å². The zero-order valence-corrected chi connectivity index (χ0v) is 17.5. The van der Waals surface area contributed by atoms with E-state index in [4.69, 9.17) is 4.42 Å². The van der Waals surface area contributed by atoms with Crippen LogP contribution in [0.2, 0.25) is 0 Å². The fourth-order valence-electron chi connectivity index (χ4n) is 4.48. The number of aromatic nitrogens is 1. The lowest BCUT2D eigenvalue weighted by Gasteiger charge is -2.38. The predicted molar refractivity (Wildman–Crippen MR) is 115 cm³/mol. The molecule has 1 aromatic heterocycles. The van der Waals surface area contributed by atoms with E-state index < -0.39 is 11.6 Å². The first-order chi connectivity index (χ1) is 15.5. The van der Waals surface area contributed by atoms with Gasteiger partial charge in [-0.25, -0.2) is 14.2 Å². The van der Waals surface area contributed by atoms with Gasteiger partial charge in [-0.15, -0.1) is 0 Å². The van der Waals surface area contributed by atoms with Gasteiger partial charge in [0.15, 0.2) is 0 Å². The fourth-order valence-corrected chi connectivity index (χ4v) is 4.48. The molecule has 7 nitrogen and oxygen atoms in total. The van der Waals surface area contributed by atoms with E-state index in [-0.39, 0.29) is 18.3 Å². The van der Waals surface area contributed by atoms with Gasteiger partial charge < -0.3 is 9.73 Å². The fraction of sp³-hybridized carbons (Fsp3) is 0.292. The van der Waals surface area contributed by atoms with E-state index in [2.05, 4.69) is 27.3 Å². The highest BCUT2D eigenvalue weighted by molar-refractivity contribution is 6.07. The van der Waals surface area contributed by atoms with E-state index in [1.807, 2.05) is 18.2 Å². The van der Waals surface area contributed by atoms with Gasteiger partial charge in [0.05, 0.1) is 12.2 Å². The number of nitrogens with zero attached hydrogens (tertiary/aromatic N) is 3. The van der Waals surface area contributed by atoms with Crippen molar-refractivity contribution >= 4 is 11.9 Å². The van der Waals surface area contributed by atoms with Crippen LogP contribution in [0.4, 0.5) is 9.18 Å². The number of hydrogen-bond donors (Lipinski definition) is 1. The van der Waals surface area contributed by atoms with Crippen LogP contribution in [0.3, 0.4) is 0 Å². The molecule has 0 saturated carbocycles. The van der Waals surface area contributed by atoms with E-state index in [0.29, 0.717) is 30.1 Å². The van der Waals surface area contributed by atoms with Gasteiger partial charge in [0.1, 0.15) is 17.6 Å². The molecule has 3 amide bonds. The summed E-state index contributed by atoms with van der Waals surface area (Å²) in [6, 6.07) is 15.5. The minimum Gasteiger partial charge on any atom is -0.444 e. The van der Waals surface area contributed by atoms with Gasteiger partial charge in [-0.1, -0.05) is 30.3 Å². The normalized spacial score (nSPS) is 21.3. The summed E-state index contributed by atoms with van der Waals surface area (Å²) < 4.78 is 18.6. The topological polar surface area (TPSA) is 78.7 Å². The number of rotatable bonds is 5. The Balaban J connectivity index is 1.29. The summed E-state index contributed by atoms with van der Waals surface area (Å²) in [6.07, 6.45) is 2.86. The molecule has 32 heavy (non-hydrogen) atoms. The minimum absolute atomic E-state index is 0.0236. The van der Waals surface area contributed by atoms with Crippen molar-refractivity contribution in [1.29, 1.82) is 0 Å². The van der Waals surface area contributed by atoms with Gasteiger partial charge in [0.25, 0.3) is 5.91 Å². The highest BCUT2D eigenvalue weighted by Crippen LogP contribution is 2.30. The van der Waals surface area contributed by atoms with E-state index in [1.54, 1.807) is 12.1 Å². The molecule has 1 N–H and O–H groups in total. The number of carbonyl (C=O) groups is 2. The van der Waals surface area contributed by atoms with E-state index >= 15 is 0 Å². The summed E-state index contributed by atoms with van der Waals surface area (Å²) in [5.74, 6) is -0.265. The molecular formula is C24H23FN4O3. The average Bonchev–Trinajstić information content (AvgIpc) is 3.34. The first kappa shape index (κ1) is 20.4. The number of hydrogen-bond acceptors (Lipinski definition) is 5. The summed E-state index contributed by atoms with van der Waals surface area (Å²) in [5.41, 5.74) is 1.35. The number of urea groups is 1. The summed E-state index contributed by atoms with van der Waals surface area (Å²) >= 11 is 0. The zero-order chi connectivity index (χ0) is 22.1. The molecule has 0 radical (unpaired) electrons. The Labute approximate surface area is 184 Å². The quantitative estimate of drug-likeness (QED) is 0.621. The molecule has 2 aliphatic heterocycles. The van der Waals surface area contributed by atoms with Gasteiger partial charge in [0, 0.05) is 18.7 Å². The van der Waals surface area contributed by atoms with Gasteiger partial charge in [-0.3, -0.25) is 14.6 Å². The van der Waals surface area contributed by atoms with Crippen molar-refractivity contribution in [1.82, 2.24) is 20.1 Å². The Hall–Kier alpha value is -3.52. The second-order valence-corrected chi connectivity index (χ2v) is 8.35. The third kappa shape index (κ3) is 3.89. The summed E-state index contributed by atoms with van der Waals surface area (Å²) in [5, 5.41) is 2.95. The van der Waals surface area contributed by atoms with Crippen molar-refractivity contribution in [3.05, 3.63) is 77.9 Å². The Morgan fingerprint density at radius 1 is 1.06 bits per heavy atom. The standard InChI is InChI=1S/C24H23FN4O3/c25-19-9-7-18(8-10-19)21-26-20(15-32-21)14-29-22(30)24(27-23(29)31)11-4-12-28(16-24)13-17-5-2-1-3-6-17/h1-3,5-10,15H,4,11-14,16H2,(H,27,31).